The van der Waals surface area contributed by atoms with E-state index in [1.807, 2.05) is 24.4 Å². The van der Waals surface area contributed by atoms with Crippen molar-refractivity contribution >= 4 is 0 Å². The van der Waals surface area contributed by atoms with Gasteiger partial charge in [-0.25, -0.2) is 4.98 Å². The highest BCUT2D eigenvalue weighted by Gasteiger charge is 2.30. The van der Waals surface area contributed by atoms with E-state index in [2.05, 4.69) is 41.7 Å². The van der Waals surface area contributed by atoms with E-state index in [1.54, 1.807) is 7.11 Å². The Bertz CT molecular complexity index is 675. The summed E-state index contributed by atoms with van der Waals surface area (Å²) in [5.74, 6) is 1.82. The van der Waals surface area contributed by atoms with Crippen LogP contribution in [0.25, 0.3) is 11.3 Å². The van der Waals surface area contributed by atoms with Gasteiger partial charge in [0.15, 0.2) is 0 Å². The quantitative estimate of drug-likeness (QED) is 0.933. The number of benzene rings is 1. The monoisotopic (exact) mass is 329 g/mol. The maximum absolute atomic E-state index is 5.71. The zero-order valence-corrected chi connectivity index (χ0v) is 15.0. The number of methoxy groups -OCH3 is 1. The van der Waals surface area contributed by atoms with Gasteiger partial charge in [-0.3, -0.25) is 4.90 Å². The van der Waals surface area contributed by atoms with Crippen molar-refractivity contribution in [1.82, 2.24) is 14.9 Å². The number of ether oxygens (including phenoxy) is 2. The van der Waals surface area contributed by atoms with Crippen LogP contribution < -0.4 is 4.74 Å². The van der Waals surface area contributed by atoms with Crippen LogP contribution in [0.4, 0.5) is 0 Å². The van der Waals surface area contributed by atoms with Gasteiger partial charge in [-0.15, -0.1) is 0 Å². The second-order valence-electron chi connectivity index (χ2n) is 7.54. The van der Waals surface area contributed by atoms with Gasteiger partial charge in [0.05, 0.1) is 38.3 Å². The van der Waals surface area contributed by atoms with E-state index in [4.69, 9.17) is 9.47 Å². The highest BCUT2D eigenvalue weighted by Crippen LogP contribution is 2.29. The van der Waals surface area contributed by atoms with Crippen LogP contribution in [0, 0.1) is 5.41 Å². The summed E-state index contributed by atoms with van der Waals surface area (Å²) in [4.78, 5) is 10.6. The molecule has 5 heteroatoms. The van der Waals surface area contributed by atoms with Gasteiger partial charge in [-0.2, -0.15) is 0 Å². The SMILES string of the molecule is COc1cccc(-c2cnc([C@@H]3COCCN3CC(C)(C)C)[nH]2)c1. The number of nitrogens with zero attached hydrogens (tertiary/aromatic N) is 2. The maximum Gasteiger partial charge on any atom is 0.126 e. The summed E-state index contributed by atoms with van der Waals surface area (Å²) in [6.45, 7) is 10.2. The Kier molecular flexibility index (Phi) is 4.92. The minimum atomic E-state index is 0.178. The van der Waals surface area contributed by atoms with E-state index < -0.39 is 0 Å². The fourth-order valence-corrected chi connectivity index (χ4v) is 3.13. The Labute approximate surface area is 144 Å². The van der Waals surface area contributed by atoms with Crippen molar-refractivity contribution in [3.8, 4) is 17.0 Å². The van der Waals surface area contributed by atoms with Crippen molar-refractivity contribution in [2.24, 2.45) is 5.41 Å². The standard InChI is InChI=1S/C19H27N3O2/c1-19(2,3)13-22-8-9-24-12-17(22)18-20-11-16(21-18)14-6-5-7-15(10-14)23-4/h5-7,10-11,17H,8-9,12-13H2,1-4H3,(H,20,21)/t17-/m0/s1. The summed E-state index contributed by atoms with van der Waals surface area (Å²) < 4.78 is 11.0. The lowest BCUT2D eigenvalue weighted by molar-refractivity contribution is -0.0246. The normalized spacial score (nSPS) is 19.4. The molecule has 5 nitrogen and oxygen atoms in total. The number of aromatic amines is 1. The third kappa shape index (κ3) is 3.97. The molecule has 130 valence electrons. The van der Waals surface area contributed by atoms with Crippen LogP contribution in [-0.4, -0.2) is 48.3 Å². The molecule has 0 radical (unpaired) electrons. The van der Waals surface area contributed by atoms with Crippen molar-refractivity contribution in [3.05, 3.63) is 36.3 Å². The number of H-pyrrole nitrogens is 1. The van der Waals surface area contributed by atoms with Gasteiger partial charge in [0.2, 0.25) is 0 Å². The predicted molar refractivity (Wildman–Crippen MR) is 95.2 cm³/mol. The van der Waals surface area contributed by atoms with E-state index in [1.165, 1.54) is 0 Å². The van der Waals surface area contributed by atoms with E-state index >= 15 is 0 Å². The third-order valence-electron chi connectivity index (χ3n) is 4.21. The van der Waals surface area contributed by atoms with Gasteiger partial charge in [-0.1, -0.05) is 32.9 Å². The smallest absolute Gasteiger partial charge is 0.126 e. The summed E-state index contributed by atoms with van der Waals surface area (Å²) >= 11 is 0. The van der Waals surface area contributed by atoms with E-state index in [9.17, 15) is 0 Å². The fraction of sp³-hybridized carbons (Fsp3) is 0.526. The first-order chi connectivity index (χ1) is 11.5. The third-order valence-corrected chi connectivity index (χ3v) is 4.21. The molecule has 2 heterocycles. The number of morpholine rings is 1. The lowest BCUT2D eigenvalue weighted by Crippen LogP contribution is -2.44. The molecule has 2 aromatic rings. The minimum absolute atomic E-state index is 0.178. The van der Waals surface area contributed by atoms with E-state index in [0.717, 1.165) is 42.5 Å². The predicted octanol–water partition coefficient (Wildman–Crippen LogP) is 3.50. The van der Waals surface area contributed by atoms with Crippen molar-refractivity contribution in [2.75, 3.05) is 33.4 Å². The molecule has 1 aromatic carbocycles. The average molecular weight is 329 g/mol. The molecule has 0 unspecified atom stereocenters. The number of rotatable bonds is 4. The highest BCUT2D eigenvalue weighted by atomic mass is 16.5. The number of imidazole rings is 1. The van der Waals surface area contributed by atoms with Gasteiger partial charge in [0, 0.05) is 18.7 Å². The number of hydrogen-bond donors (Lipinski definition) is 1. The molecule has 0 bridgehead atoms. The first kappa shape index (κ1) is 17.0. The molecule has 1 aromatic heterocycles. The molecular formula is C19H27N3O2. The molecule has 1 saturated heterocycles. The zero-order valence-electron chi connectivity index (χ0n) is 15.0. The van der Waals surface area contributed by atoms with Gasteiger partial charge in [0.1, 0.15) is 11.6 Å². The minimum Gasteiger partial charge on any atom is -0.497 e. The molecule has 1 atom stereocenters. The molecule has 1 aliphatic rings. The van der Waals surface area contributed by atoms with Crippen molar-refractivity contribution in [3.63, 3.8) is 0 Å². The molecule has 3 rings (SSSR count). The fourth-order valence-electron chi connectivity index (χ4n) is 3.13. The highest BCUT2D eigenvalue weighted by molar-refractivity contribution is 5.60. The molecule has 1 aliphatic heterocycles. The Morgan fingerprint density at radius 2 is 2.21 bits per heavy atom. The van der Waals surface area contributed by atoms with Crippen LogP contribution in [-0.2, 0) is 4.74 Å². The Balaban J connectivity index is 1.82. The Hall–Kier alpha value is -1.85. The Morgan fingerprint density at radius 1 is 1.38 bits per heavy atom. The van der Waals surface area contributed by atoms with Crippen LogP contribution >= 0.6 is 0 Å². The van der Waals surface area contributed by atoms with Crippen LogP contribution in [0.5, 0.6) is 5.75 Å². The van der Waals surface area contributed by atoms with Crippen molar-refractivity contribution in [1.29, 1.82) is 0 Å². The van der Waals surface area contributed by atoms with Gasteiger partial charge >= 0.3 is 0 Å². The molecule has 0 saturated carbocycles. The van der Waals surface area contributed by atoms with Gasteiger partial charge < -0.3 is 14.5 Å². The molecule has 0 amide bonds. The largest absolute Gasteiger partial charge is 0.497 e. The summed E-state index contributed by atoms with van der Waals surface area (Å²) in [5.41, 5.74) is 2.33. The van der Waals surface area contributed by atoms with Gasteiger partial charge in [0.25, 0.3) is 0 Å². The summed E-state index contributed by atoms with van der Waals surface area (Å²) in [7, 11) is 1.68. The average Bonchev–Trinajstić information content (AvgIpc) is 3.04. The van der Waals surface area contributed by atoms with Crippen LogP contribution in [0.1, 0.15) is 32.6 Å². The maximum atomic E-state index is 5.71. The molecular weight excluding hydrogens is 302 g/mol. The van der Waals surface area contributed by atoms with Crippen LogP contribution in [0.2, 0.25) is 0 Å². The number of aromatic nitrogens is 2. The first-order valence-electron chi connectivity index (χ1n) is 8.47. The molecule has 24 heavy (non-hydrogen) atoms. The van der Waals surface area contributed by atoms with E-state index in [0.29, 0.717) is 6.61 Å². The van der Waals surface area contributed by atoms with Crippen LogP contribution in [0.15, 0.2) is 30.5 Å². The topological polar surface area (TPSA) is 50.4 Å². The lowest BCUT2D eigenvalue weighted by Gasteiger charge is -2.38. The number of hydrogen-bond acceptors (Lipinski definition) is 4. The molecule has 1 N–H and O–H groups in total. The summed E-state index contributed by atoms with van der Waals surface area (Å²) in [6.07, 6.45) is 1.90. The summed E-state index contributed by atoms with van der Waals surface area (Å²) in [6, 6.07) is 8.19. The van der Waals surface area contributed by atoms with Crippen molar-refractivity contribution in [2.45, 2.75) is 26.8 Å². The van der Waals surface area contributed by atoms with Crippen molar-refractivity contribution < 1.29 is 9.47 Å². The second kappa shape index (κ2) is 6.95. The van der Waals surface area contributed by atoms with Gasteiger partial charge in [-0.05, 0) is 17.5 Å². The molecule has 0 spiro atoms. The second-order valence-corrected chi connectivity index (χ2v) is 7.54. The lowest BCUT2D eigenvalue weighted by atomic mass is 9.95. The van der Waals surface area contributed by atoms with E-state index in [-0.39, 0.29) is 11.5 Å². The zero-order chi connectivity index (χ0) is 17.2. The first-order valence-corrected chi connectivity index (χ1v) is 8.47. The Morgan fingerprint density at radius 3 is 2.96 bits per heavy atom. The molecule has 0 aliphatic carbocycles. The van der Waals surface area contributed by atoms with Crippen LogP contribution in [0.3, 0.4) is 0 Å². The summed E-state index contributed by atoms with van der Waals surface area (Å²) in [5, 5.41) is 0. The number of nitrogens with one attached hydrogen (secondary N) is 1. The molecule has 1 fully saturated rings.